The van der Waals surface area contributed by atoms with E-state index in [1.165, 1.54) is 18.2 Å². The molecule has 146 valence electrons. The molecular formula is C15H14F3N3O5S. The summed E-state index contributed by atoms with van der Waals surface area (Å²) in [7, 11) is -5.93. The van der Waals surface area contributed by atoms with Gasteiger partial charge in [0, 0.05) is 12.6 Å². The maximum atomic E-state index is 12.7. The molecule has 1 aromatic heterocycles. The Balaban J connectivity index is 2.18. The van der Waals surface area contributed by atoms with E-state index in [0.29, 0.717) is 6.54 Å². The number of benzene rings is 1. The molecule has 1 N–H and O–H groups in total. The summed E-state index contributed by atoms with van der Waals surface area (Å²) in [5.74, 6) is -2.19. The highest BCUT2D eigenvalue weighted by Gasteiger charge is 2.49. The van der Waals surface area contributed by atoms with E-state index in [-0.39, 0.29) is 28.5 Å². The Morgan fingerprint density at radius 3 is 2.56 bits per heavy atom. The lowest BCUT2D eigenvalue weighted by Crippen LogP contribution is -2.31. The molecule has 27 heavy (non-hydrogen) atoms. The van der Waals surface area contributed by atoms with E-state index in [1.54, 1.807) is 11.8 Å². The standard InChI is InChI=1S/C15H14F3N3O5S/c1-8-3-2-6-21(8)12-13(26-27(24,25)15(16,17)18)20-10-5-4-9(14(22)23)7-11(10)19-12/h4-5,7-8H,2-3,6H2,1H3,(H,22,23)/t8-/m0/s1. The van der Waals surface area contributed by atoms with Gasteiger partial charge in [0.15, 0.2) is 5.82 Å². The number of aromatic carboxylic acids is 1. The first-order valence-corrected chi connectivity index (χ1v) is 9.23. The minimum Gasteiger partial charge on any atom is -0.478 e. The highest BCUT2D eigenvalue weighted by Crippen LogP contribution is 2.35. The average Bonchev–Trinajstić information content (AvgIpc) is 2.98. The molecule has 8 nitrogen and oxygen atoms in total. The summed E-state index contributed by atoms with van der Waals surface area (Å²) in [6.45, 7) is 2.22. The van der Waals surface area contributed by atoms with Crippen LogP contribution in [0.15, 0.2) is 18.2 Å². The van der Waals surface area contributed by atoms with Crippen molar-refractivity contribution >= 4 is 32.9 Å². The topological polar surface area (TPSA) is 110 Å². The molecule has 1 aliphatic rings. The van der Waals surface area contributed by atoms with Crippen LogP contribution in [0.3, 0.4) is 0 Å². The molecule has 1 saturated heterocycles. The quantitative estimate of drug-likeness (QED) is 0.611. The molecular weight excluding hydrogens is 391 g/mol. The number of fused-ring (bicyclic) bond motifs is 1. The van der Waals surface area contributed by atoms with Gasteiger partial charge >= 0.3 is 21.6 Å². The van der Waals surface area contributed by atoms with Crippen molar-refractivity contribution in [3.8, 4) is 5.88 Å². The maximum Gasteiger partial charge on any atom is 0.534 e. The molecule has 0 amide bonds. The molecule has 0 aliphatic carbocycles. The Hall–Kier alpha value is -2.63. The van der Waals surface area contributed by atoms with Crippen molar-refractivity contribution in [3.63, 3.8) is 0 Å². The Bertz CT molecular complexity index is 1010. The van der Waals surface area contributed by atoms with E-state index in [9.17, 15) is 26.4 Å². The van der Waals surface area contributed by atoms with Crippen molar-refractivity contribution in [3.05, 3.63) is 23.8 Å². The maximum absolute atomic E-state index is 12.7. The zero-order valence-corrected chi connectivity index (χ0v) is 14.7. The fourth-order valence-corrected chi connectivity index (χ4v) is 3.22. The van der Waals surface area contributed by atoms with Gasteiger partial charge in [-0.2, -0.15) is 21.6 Å². The molecule has 0 bridgehead atoms. The van der Waals surface area contributed by atoms with Gasteiger partial charge in [0.05, 0.1) is 16.6 Å². The van der Waals surface area contributed by atoms with Crippen LogP contribution in [0.1, 0.15) is 30.1 Å². The third-order valence-corrected chi connectivity index (χ3v) is 5.10. The van der Waals surface area contributed by atoms with Crippen LogP contribution in [0.25, 0.3) is 11.0 Å². The van der Waals surface area contributed by atoms with E-state index in [0.717, 1.165) is 12.8 Å². The predicted molar refractivity (Wildman–Crippen MR) is 88.1 cm³/mol. The van der Waals surface area contributed by atoms with Gasteiger partial charge in [-0.15, -0.1) is 0 Å². The average molecular weight is 405 g/mol. The highest BCUT2D eigenvalue weighted by atomic mass is 32.2. The van der Waals surface area contributed by atoms with Gasteiger partial charge in [-0.3, -0.25) is 0 Å². The second-order valence-corrected chi connectivity index (χ2v) is 7.57. The fourth-order valence-electron chi connectivity index (χ4n) is 2.80. The zero-order chi connectivity index (χ0) is 20.0. The SMILES string of the molecule is C[C@H]1CCCN1c1nc2cc(C(=O)O)ccc2nc1OS(=O)(=O)C(F)(F)F. The summed E-state index contributed by atoms with van der Waals surface area (Å²) in [6.07, 6.45) is 1.45. The number of halogens is 3. The van der Waals surface area contributed by atoms with Crippen molar-refractivity contribution in [2.24, 2.45) is 0 Å². The summed E-state index contributed by atoms with van der Waals surface area (Å²) >= 11 is 0. The molecule has 1 fully saturated rings. The van der Waals surface area contributed by atoms with Crippen molar-refractivity contribution in [2.75, 3.05) is 11.4 Å². The Kier molecular flexibility index (Phi) is 4.62. The summed E-state index contributed by atoms with van der Waals surface area (Å²) in [5.41, 5.74) is -5.61. The lowest BCUT2D eigenvalue weighted by Gasteiger charge is -2.24. The number of hydrogen-bond donors (Lipinski definition) is 1. The third-order valence-electron chi connectivity index (χ3n) is 4.16. The number of alkyl halides is 3. The molecule has 0 radical (unpaired) electrons. The fraction of sp³-hybridized carbons (Fsp3) is 0.400. The summed E-state index contributed by atoms with van der Waals surface area (Å²) in [4.78, 5) is 20.7. The highest BCUT2D eigenvalue weighted by molar-refractivity contribution is 7.88. The summed E-state index contributed by atoms with van der Waals surface area (Å²) in [5, 5.41) is 9.08. The van der Waals surface area contributed by atoms with Gasteiger partial charge in [-0.1, -0.05) is 0 Å². The number of anilines is 1. The first kappa shape index (κ1) is 19.1. The Morgan fingerprint density at radius 1 is 1.30 bits per heavy atom. The van der Waals surface area contributed by atoms with E-state index >= 15 is 0 Å². The number of rotatable bonds is 4. The molecule has 1 atom stereocenters. The summed E-state index contributed by atoms with van der Waals surface area (Å²) < 4.78 is 65.3. The monoisotopic (exact) mass is 405 g/mol. The minimum atomic E-state index is -5.93. The molecule has 2 aromatic rings. The van der Waals surface area contributed by atoms with E-state index in [1.807, 2.05) is 0 Å². The number of carbonyl (C=O) groups is 1. The predicted octanol–water partition coefficient (Wildman–Crippen LogP) is 2.55. The molecule has 1 aromatic carbocycles. The molecule has 0 unspecified atom stereocenters. The Morgan fingerprint density at radius 2 is 2.00 bits per heavy atom. The van der Waals surface area contributed by atoms with Crippen LogP contribution in [-0.2, 0) is 10.1 Å². The van der Waals surface area contributed by atoms with Crippen LogP contribution in [0.5, 0.6) is 5.88 Å². The number of nitrogens with zero attached hydrogens (tertiary/aromatic N) is 3. The first-order chi connectivity index (χ1) is 12.5. The zero-order valence-electron chi connectivity index (χ0n) is 13.9. The van der Waals surface area contributed by atoms with Crippen molar-refractivity contribution < 1.29 is 35.7 Å². The van der Waals surface area contributed by atoms with Crippen LogP contribution in [0.2, 0.25) is 0 Å². The van der Waals surface area contributed by atoms with Crippen LogP contribution in [0, 0.1) is 0 Å². The minimum absolute atomic E-state index is 0.00275. The van der Waals surface area contributed by atoms with Crippen molar-refractivity contribution in [1.29, 1.82) is 0 Å². The Labute approximate surface area is 151 Å². The van der Waals surface area contributed by atoms with Gasteiger partial charge < -0.3 is 14.2 Å². The third kappa shape index (κ3) is 3.61. The van der Waals surface area contributed by atoms with Crippen molar-refractivity contribution in [1.82, 2.24) is 9.97 Å². The van der Waals surface area contributed by atoms with E-state index in [4.69, 9.17) is 5.11 Å². The number of carboxylic acid groups (broad SMARTS) is 1. The van der Waals surface area contributed by atoms with Gasteiger partial charge in [0.25, 0.3) is 5.88 Å². The van der Waals surface area contributed by atoms with Crippen LogP contribution >= 0.6 is 0 Å². The molecule has 0 spiro atoms. The first-order valence-electron chi connectivity index (χ1n) is 7.82. The normalized spacial score (nSPS) is 18.1. The second kappa shape index (κ2) is 6.51. The molecule has 1 aliphatic heterocycles. The molecule has 0 saturated carbocycles. The second-order valence-electron chi connectivity index (χ2n) is 6.03. The lowest BCUT2D eigenvalue weighted by molar-refractivity contribution is -0.0501. The molecule has 3 rings (SSSR count). The van der Waals surface area contributed by atoms with Gasteiger partial charge in [-0.05, 0) is 38.0 Å². The van der Waals surface area contributed by atoms with E-state index in [2.05, 4.69) is 14.2 Å². The lowest BCUT2D eigenvalue weighted by atomic mass is 10.2. The van der Waals surface area contributed by atoms with Crippen LogP contribution in [0.4, 0.5) is 19.0 Å². The van der Waals surface area contributed by atoms with Gasteiger partial charge in [-0.25, -0.2) is 14.8 Å². The largest absolute Gasteiger partial charge is 0.534 e. The number of hydrogen-bond acceptors (Lipinski definition) is 7. The summed E-state index contributed by atoms with van der Waals surface area (Å²) in [6, 6.07) is 3.47. The van der Waals surface area contributed by atoms with Crippen molar-refractivity contribution in [2.45, 2.75) is 31.3 Å². The van der Waals surface area contributed by atoms with Gasteiger partial charge in [0.1, 0.15) is 0 Å². The van der Waals surface area contributed by atoms with E-state index < -0.39 is 27.5 Å². The number of carboxylic acids is 1. The van der Waals surface area contributed by atoms with Crippen LogP contribution < -0.4 is 9.08 Å². The smallest absolute Gasteiger partial charge is 0.478 e. The number of aromatic nitrogens is 2. The van der Waals surface area contributed by atoms with Gasteiger partial charge in [0.2, 0.25) is 0 Å². The molecule has 12 heteroatoms. The van der Waals surface area contributed by atoms with Crippen LogP contribution in [-0.4, -0.2) is 47.6 Å². The molecule has 2 heterocycles.